The van der Waals surface area contributed by atoms with E-state index in [1.807, 2.05) is 25.1 Å². The van der Waals surface area contributed by atoms with Gasteiger partial charge in [0.2, 0.25) is 0 Å². The average molecular weight is 302 g/mol. The number of fused-ring (bicyclic) bond motifs is 1. The van der Waals surface area contributed by atoms with Crippen LogP contribution >= 0.6 is 11.6 Å². The fraction of sp³-hybridized carbons (Fsp3) is 0.333. The molecule has 1 aliphatic carbocycles. The van der Waals surface area contributed by atoms with Crippen LogP contribution in [0.25, 0.3) is 0 Å². The van der Waals surface area contributed by atoms with Gasteiger partial charge in [0, 0.05) is 17.6 Å². The van der Waals surface area contributed by atoms with Crippen molar-refractivity contribution in [2.24, 2.45) is 0 Å². The Balaban J connectivity index is 1.58. The summed E-state index contributed by atoms with van der Waals surface area (Å²) in [5.74, 6) is 0.943. The Morgan fingerprint density at radius 3 is 2.86 bits per heavy atom. The largest absolute Gasteiger partial charge is 0.494 e. The van der Waals surface area contributed by atoms with E-state index in [9.17, 15) is 0 Å². The van der Waals surface area contributed by atoms with Gasteiger partial charge in [-0.15, -0.1) is 0 Å². The Morgan fingerprint density at radius 2 is 2.00 bits per heavy atom. The third kappa shape index (κ3) is 3.58. The molecular weight excluding hydrogens is 282 g/mol. The minimum atomic E-state index is 0.495. The first kappa shape index (κ1) is 14.4. The van der Waals surface area contributed by atoms with Crippen molar-refractivity contribution in [3.8, 4) is 5.75 Å². The molecule has 0 saturated carbocycles. The van der Waals surface area contributed by atoms with E-state index in [-0.39, 0.29) is 0 Å². The van der Waals surface area contributed by atoms with Crippen molar-refractivity contribution in [1.82, 2.24) is 5.32 Å². The lowest BCUT2D eigenvalue weighted by Gasteiger charge is -2.12. The number of hydrogen-bond acceptors (Lipinski definition) is 2. The molecule has 2 nitrogen and oxygen atoms in total. The van der Waals surface area contributed by atoms with Crippen LogP contribution in [0.2, 0.25) is 5.02 Å². The monoisotopic (exact) mass is 301 g/mol. The van der Waals surface area contributed by atoms with E-state index in [1.54, 1.807) is 0 Å². The van der Waals surface area contributed by atoms with E-state index in [0.717, 1.165) is 30.2 Å². The lowest BCUT2D eigenvalue weighted by Crippen LogP contribution is -2.28. The van der Waals surface area contributed by atoms with Gasteiger partial charge in [0.1, 0.15) is 5.75 Å². The first-order valence-electron chi connectivity index (χ1n) is 7.47. The van der Waals surface area contributed by atoms with E-state index < -0.39 is 0 Å². The van der Waals surface area contributed by atoms with Gasteiger partial charge in [0.15, 0.2) is 0 Å². The SMILES string of the molecule is CCOc1cccc(CNC2Cc3ccc(Cl)cc3C2)c1. The van der Waals surface area contributed by atoms with Crippen LogP contribution in [0.1, 0.15) is 23.6 Å². The van der Waals surface area contributed by atoms with Gasteiger partial charge in [-0.2, -0.15) is 0 Å². The van der Waals surface area contributed by atoms with Crippen LogP contribution in [0.4, 0.5) is 0 Å². The summed E-state index contributed by atoms with van der Waals surface area (Å²) < 4.78 is 5.54. The van der Waals surface area contributed by atoms with E-state index in [0.29, 0.717) is 12.6 Å². The van der Waals surface area contributed by atoms with Crippen molar-refractivity contribution in [1.29, 1.82) is 0 Å². The van der Waals surface area contributed by atoms with Crippen molar-refractivity contribution >= 4 is 11.6 Å². The first-order chi connectivity index (χ1) is 10.2. The van der Waals surface area contributed by atoms with Crippen LogP contribution < -0.4 is 10.1 Å². The van der Waals surface area contributed by atoms with Gasteiger partial charge in [0.05, 0.1) is 6.61 Å². The van der Waals surface area contributed by atoms with Gasteiger partial charge in [-0.05, 0) is 60.7 Å². The number of hydrogen-bond donors (Lipinski definition) is 1. The zero-order chi connectivity index (χ0) is 14.7. The maximum atomic E-state index is 6.06. The number of halogens is 1. The smallest absolute Gasteiger partial charge is 0.119 e. The fourth-order valence-electron chi connectivity index (χ4n) is 2.91. The summed E-state index contributed by atoms with van der Waals surface area (Å²) in [7, 11) is 0. The average Bonchev–Trinajstić information content (AvgIpc) is 2.88. The van der Waals surface area contributed by atoms with Crippen LogP contribution in [0.5, 0.6) is 5.75 Å². The molecule has 0 amide bonds. The molecule has 1 N–H and O–H groups in total. The molecule has 1 atom stereocenters. The molecule has 0 bridgehead atoms. The Labute approximate surface area is 131 Å². The third-order valence-corrected chi connectivity index (χ3v) is 4.14. The lowest BCUT2D eigenvalue weighted by atomic mass is 10.1. The van der Waals surface area contributed by atoms with Crippen molar-refractivity contribution in [2.45, 2.75) is 32.4 Å². The van der Waals surface area contributed by atoms with E-state index in [2.05, 4.69) is 29.6 Å². The molecule has 0 spiro atoms. The normalized spacial score (nSPS) is 16.8. The zero-order valence-corrected chi connectivity index (χ0v) is 13.0. The molecule has 0 aromatic heterocycles. The molecule has 3 heteroatoms. The predicted octanol–water partition coefficient (Wildman–Crippen LogP) is 4.00. The summed E-state index contributed by atoms with van der Waals surface area (Å²) in [6.45, 7) is 3.58. The minimum absolute atomic E-state index is 0.495. The second-order valence-corrected chi connectivity index (χ2v) is 5.92. The molecule has 110 valence electrons. The van der Waals surface area contributed by atoms with Crippen molar-refractivity contribution in [3.63, 3.8) is 0 Å². The quantitative estimate of drug-likeness (QED) is 0.901. The highest BCUT2D eigenvalue weighted by Crippen LogP contribution is 2.25. The lowest BCUT2D eigenvalue weighted by molar-refractivity contribution is 0.339. The number of ether oxygens (including phenoxy) is 1. The summed E-state index contributed by atoms with van der Waals surface area (Å²) in [4.78, 5) is 0. The molecule has 21 heavy (non-hydrogen) atoms. The van der Waals surface area contributed by atoms with Gasteiger partial charge < -0.3 is 10.1 Å². The molecule has 2 aromatic carbocycles. The number of rotatable bonds is 5. The molecule has 0 saturated heterocycles. The summed E-state index contributed by atoms with van der Waals surface area (Å²) in [6.07, 6.45) is 2.14. The molecule has 1 aliphatic rings. The van der Waals surface area contributed by atoms with Crippen molar-refractivity contribution < 1.29 is 4.74 Å². The van der Waals surface area contributed by atoms with E-state index in [4.69, 9.17) is 16.3 Å². The zero-order valence-electron chi connectivity index (χ0n) is 12.2. The van der Waals surface area contributed by atoms with Crippen molar-refractivity contribution in [2.75, 3.05) is 6.61 Å². The molecule has 0 aliphatic heterocycles. The third-order valence-electron chi connectivity index (χ3n) is 3.91. The number of benzene rings is 2. The molecule has 2 aromatic rings. The van der Waals surface area contributed by atoms with Crippen LogP contribution in [-0.4, -0.2) is 12.6 Å². The summed E-state index contributed by atoms with van der Waals surface area (Å²) in [5, 5.41) is 4.47. The second-order valence-electron chi connectivity index (χ2n) is 5.48. The van der Waals surface area contributed by atoms with Gasteiger partial charge in [-0.1, -0.05) is 29.8 Å². The maximum absolute atomic E-state index is 6.06. The summed E-state index contributed by atoms with van der Waals surface area (Å²) >= 11 is 6.06. The molecule has 0 heterocycles. The summed E-state index contributed by atoms with van der Waals surface area (Å²) in [5.41, 5.74) is 4.05. The second kappa shape index (κ2) is 6.50. The maximum Gasteiger partial charge on any atom is 0.119 e. The Morgan fingerprint density at radius 1 is 1.14 bits per heavy atom. The highest BCUT2D eigenvalue weighted by Gasteiger charge is 2.20. The molecule has 1 unspecified atom stereocenters. The van der Waals surface area contributed by atoms with Gasteiger partial charge in [-0.3, -0.25) is 0 Å². The molecule has 0 fully saturated rings. The molecule has 3 rings (SSSR count). The molecule has 0 radical (unpaired) electrons. The predicted molar refractivity (Wildman–Crippen MR) is 87.1 cm³/mol. The Kier molecular flexibility index (Phi) is 4.47. The van der Waals surface area contributed by atoms with Crippen LogP contribution in [0.3, 0.4) is 0 Å². The van der Waals surface area contributed by atoms with Crippen molar-refractivity contribution in [3.05, 3.63) is 64.2 Å². The standard InChI is InChI=1S/C18H20ClNO/c1-2-21-18-5-3-4-13(8-18)12-20-17-10-14-6-7-16(19)9-15(14)11-17/h3-9,17,20H,2,10-12H2,1H3. The topological polar surface area (TPSA) is 21.3 Å². The van der Waals surface area contributed by atoms with Crippen LogP contribution in [0, 0.1) is 0 Å². The molecular formula is C18H20ClNO. The fourth-order valence-corrected chi connectivity index (χ4v) is 3.10. The highest BCUT2D eigenvalue weighted by atomic mass is 35.5. The summed E-state index contributed by atoms with van der Waals surface area (Å²) in [6, 6.07) is 15.0. The van der Waals surface area contributed by atoms with Crippen LogP contribution in [0.15, 0.2) is 42.5 Å². The van der Waals surface area contributed by atoms with Crippen LogP contribution in [-0.2, 0) is 19.4 Å². The highest BCUT2D eigenvalue weighted by molar-refractivity contribution is 6.30. The minimum Gasteiger partial charge on any atom is -0.494 e. The van der Waals surface area contributed by atoms with E-state index in [1.165, 1.54) is 16.7 Å². The first-order valence-corrected chi connectivity index (χ1v) is 7.85. The Hall–Kier alpha value is -1.51. The Bertz CT molecular complexity index is 626. The van der Waals surface area contributed by atoms with E-state index >= 15 is 0 Å². The van der Waals surface area contributed by atoms with Gasteiger partial charge in [-0.25, -0.2) is 0 Å². The van der Waals surface area contributed by atoms with Gasteiger partial charge >= 0.3 is 0 Å². The number of nitrogens with one attached hydrogen (secondary N) is 1. The van der Waals surface area contributed by atoms with Gasteiger partial charge in [0.25, 0.3) is 0 Å².